The summed E-state index contributed by atoms with van der Waals surface area (Å²) in [5.74, 6) is -1.28. The predicted molar refractivity (Wildman–Crippen MR) is 210 cm³/mol. The van der Waals surface area contributed by atoms with Crippen LogP contribution in [-0.4, -0.2) is 61.1 Å². The minimum atomic E-state index is -0.966. The van der Waals surface area contributed by atoms with Gasteiger partial charge in [-0.3, -0.25) is 19.2 Å². The fraction of sp³-hybridized carbons (Fsp3) is 0.907. The van der Waals surface area contributed by atoms with Gasteiger partial charge < -0.3 is 19.1 Å². The molecule has 1 amide bonds. The summed E-state index contributed by atoms with van der Waals surface area (Å²) in [6.07, 6.45) is 31.6. The fourth-order valence-corrected chi connectivity index (χ4v) is 6.32. The van der Waals surface area contributed by atoms with Gasteiger partial charge in [0.2, 0.25) is 0 Å². The average Bonchev–Trinajstić information content (AvgIpc) is 3.11. The van der Waals surface area contributed by atoms with Crippen molar-refractivity contribution in [3.8, 4) is 0 Å². The van der Waals surface area contributed by atoms with E-state index in [1.54, 1.807) is 6.92 Å². The molecule has 0 aliphatic heterocycles. The van der Waals surface area contributed by atoms with Gasteiger partial charge in [-0.1, -0.05) is 175 Å². The van der Waals surface area contributed by atoms with Gasteiger partial charge >= 0.3 is 17.9 Å². The SMILES string of the molecule is CCCCCCCCCCCC(=O)OCCN(CCOC(=O)CCCCCCCCCCC)C(=O)[C@H](C)OC(=O)CCCCCCCCCCC. The van der Waals surface area contributed by atoms with Gasteiger partial charge in [0.25, 0.3) is 5.91 Å². The van der Waals surface area contributed by atoms with Crippen LogP contribution in [0, 0.1) is 0 Å². The van der Waals surface area contributed by atoms with Gasteiger partial charge in [0.15, 0.2) is 6.10 Å². The Labute approximate surface area is 314 Å². The molecule has 51 heavy (non-hydrogen) atoms. The van der Waals surface area contributed by atoms with Crippen molar-refractivity contribution in [1.82, 2.24) is 4.90 Å². The molecule has 0 fully saturated rings. The number of nitrogens with zero attached hydrogens (tertiary/aromatic N) is 1. The van der Waals surface area contributed by atoms with Gasteiger partial charge in [-0.15, -0.1) is 0 Å². The molecule has 0 radical (unpaired) electrons. The van der Waals surface area contributed by atoms with Gasteiger partial charge in [-0.05, 0) is 26.2 Å². The van der Waals surface area contributed by atoms with Crippen LogP contribution in [0.3, 0.4) is 0 Å². The molecule has 0 heterocycles. The number of carbonyl (C=O) groups is 4. The first-order valence-corrected chi connectivity index (χ1v) is 21.6. The molecule has 0 rings (SSSR count). The van der Waals surface area contributed by atoms with Crippen LogP contribution < -0.4 is 0 Å². The topological polar surface area (TPSA) is 99.2 Å². The van der Waals surface area contributed by atoms with E-state index >= 15 is 0 Å². The van der Waals surface area contributed by atoms with E-state index in [0.717, 1.165) is 57.8 Å². The van der Waals surface area contributed by atoms with Crippen molar-refractivity contribution in [3.63, 3.8) is 0 Å². The van der Waals surface area contributed by atoms with E-state index in [0.29, 0.717) is 19.3 Å². The third-order valence-corrected chi connectivity index (χ3v) is 9.67. The zero-order valence-corrected chi connectivity index (χ0v) is 33.9. The Morgan fingerprint density at radius 2 is 0.686 bits per heavy atom. The molecule has 1 atom stereocenters. The van der Waals surface area contributed by atoms with E-state index < -0.39 is 6.10 Å². The minimum Gasteiger partial charge on any atom is -0.464 e. The van der Waals surface area contributed by atoms with Crippen molar-refractivity contribution >= 4 is 23.8 Å². The number of hydrogen-bond donors (Lipinski definition) is 0. The summed E-state index contributed by atoms with van der Waals surface area (Å²) in [5, 5.41) is 0. The minimum absolute atomic E-state index is 0.0491. The Balaban J connectivity index is 4.59. The van der Waals surface area contributed by atoms with E-state index in [2.05, 4.69) is 20.8 Å². The van der Waals surface area contributed by atoms with E-state index in [9.17, 15) is 19.2 Å². The van der Waals surface area contributed by atoms with Crippen molar-refractivity contribution in [3.05, 3.63) is 0 Å². The summed E-state index contributed by atoms with van der Waals surface area (Å²) in [5.41, 5.74) is 0. The Morgan fingerprint density at radius 3 is 1.00 bits per heavy atom. The second-order valence-corrected chi connectivity index (χ2v) is 14.6. The third kappa shape index (κ3) is 33.5. The lowest BCUT2D eigenvalue weighted by molar-refractivity contribution is -0.160. The summed E-state index contributed by atoms with van der Waals surface area (Å²) in [7, 11) is 0. The number of esters is 3. The molecule has 0 aromatic heterocycles. The molecular formula is C43H81NO7. The van der Waals surface area contributed by atoms with Crippen molar-refractivity contribution in [2.24, 2.45) is 0 Å². The van der Waals surface area contributed by atoms with Crippen molar-refractivity contribution in [1.29, 1.82) is 0 Å². The first-order valence-electron chi connectivity index (χ1n) is 21.6. The predicted octanol–water partition coefficient (Wildman–Crippen LogP) is 11.6. The number of unbranched alkanes of at least 4 members (excludes halogenated alkanes) is 24. The highest BCUT2D eigenvalue weighted by Crippen LogP contribution is 2.14. The lowest BCUT2D eigenvalue weighted by Gasteiger charge is -2.25. The summed E-state index contributed by atoms with van der Waals surface area (Å²) >= 11 is 0. The molecule has 8 heteroatoms. The number of ether oxygens (including phenoxy) is 3. The van der Waals surface area contributed by atoms with E-state index in [1.165, 1.54) is 120 Å². The standard InChI is InChI=1S/C43H81NO7/c1-5-8-11-14-17-20-23-26-29-32-40(45)49-37-35-44(36-38-50-41(46)33-30-27-24-21-18-15-12-9-6-2)43(48)39(4)51-42(47)34-31-28-25-22-19-16-13-10-7-3/h39H,5-38H2,1-4H3/t39-/m0/s1. The molecule has 0 bridgehead atoms. The van der Waals surface area contributed by atoms with Crippen LogP contribution in [0.5, 0.6) is 0 Å². The number of hydrogen-bond acceptors (Lipinski definition) is 7. The molecule has 0 aliphatic rings. The van der Waals surface area contributed by atoms with Gasteiger partial charge in [0.1, 0.15) is 13.2 Å². The highest BCUT2D eigenvalue weighted by molar-refractivity contribution is 5.83. The van der Waals surface area contributed by atoms with Gasteiger partial charge in [0, 0.05) is 19.3 Å². The lowest BCUT2D eigenvalue weighted by atomic mass is 10.1. The van der Waals surface area contributed by atoms with Crippen LogP contribution in [0.1, 0.15) is 220 Å². The molecular weight excluding hydrogens is 642 g/mol. The van der Waals surface area contributed by atoms with Gasteiger partial charge in [-0.25, -0.2) is 0 Å². The molecule has 0 unspecified atom stereocenters. The maximum absolute atomic E-state index is 13.3. The first kappa shape index (κ1) is 48.9. The Kier molecular flexibility index (Phi) is 36.1. The summed E-state index contributed by atoms with van der Waals surface area (Å²) in [4.78, 5) is 52.1. The van der Waals surface area contributed by atoms with Crippen LogP contribution in [0.2, 0.25) is 0 Å². The fourth-order valence-electron chi connectivity index (χ4n) is 6.32. The highest BCUT2D eigenvalue weighted by atomic mass is 16.6. The second-order valence-electron chi connectivity index (χ2n) is 14.6. The quantitative estimate of drug-likeness (QED) is 0.0355. The molecule has 0 aliphatic carbocycles. The first-order chi connectivity index (χ1) is 24.8. The van der Waals surface area contributed by atoms with Crippen molar-refractivity contribution in [2.75, 3.05) is 26.3 Å². The Morgan fingerprint density at radius 1 is 0.412 bits per heavy atom. The molecule has 0 aromatic carbocycles. The summed E-state index contributed by atoms with van der Waals surface area (Å²) in [6, 6.07) is 0. The van der Waals surface area contributed by atoms with Crippen LogP contribution in [-0.2, 0) is 33.4 Å². The maximum Gasteiger partial charge on any atom is 0.306 e. The molecule has 0 aromatic rings. The third-order valence-electron chi connectivity index (χ3n) is 9.67. The number of carbonyl (C=O) groups excluding carboxylic acids is 4. The maximum atomic E-state index is 13.3. The van der Waals surface area contributed by atoms with Crippen molar-refractivity contribution in [2.45, 2.75) is 226 Å². The zero-order chi connectivity index (χ0) is 37.6. The summed E-state index contributed by atoms with van der Waals surface area (Å²) < 4.78 is 16.4. The van der Waals surface area contributed by atoms with E-state index in [4.69, 9.17) is 14.2 Å². The molecule has 300 valence electrons. The van der Waals surface area contributed by atoms with E-state index in [-0.39, 0.29) is 50.1 Å². The average molecular weight is 724 g/mol. The molecule has 0 saturated heterocycles. The largest absolute Gasteiger partial charge is 0.464 e. The Hall–Kier alpha value is -2.12. The van der Waals surface area contributed by atoms with E-state index in [1.807, 2.05) is 0 Å². The van der Waals surface area contributed by atoms with Crippen LogP contribution in [0.15, 0.2) is 0 Å². The lowest BCUT2D eigenvalue weighted by Crippen LogP contribution is -2.43. The zero-order valence-electron chi connectivity index (χ0n) is 33.9. The number of amides is 1. The van der Waals surface area contributed by atoms with Crippen LogP contribution in [0.25, 0.3) is 0 Å². The molecule has 8 nitrogen and oxygen atoms in total. The second kappa shape index (κ2) is 37.6. The van der Waals surface area contributed by atoms with Crippen LogP contribution in [0.4, 0.5) is 0 Å². The highest BCUT2D eigenvalue weighted by Gasteiger charge is 2.24. The monoisotopic (exact) mass is 724 g/mol. The summed E-state index contributed by atoms with van der Waals surface area (Å²) in [6.45, 7) is 8.65. The molecule has 0 saturated carbocycles. The van der Waals surface area contributed by atoms with Crippen LogP contribution >= 0.6 is 0 Å². The Bertz CT molecular complexity index is 793. The molecule has 0 spiro atoms. The van der Waals surface area contributed by atoms with Gasteiger partial charge in [-0.2, -0.15) is 0 Å². The van der Waals surface area contributed by atoms with Gasteiger partial charge in [0.05, 0.1) is 13.1 Å². The normalized spacial score (nSPS) is 11.7. The smallest absolute Gasteiger partial charge is 0.306 e. The number of rotatable bonds is 38. The molecule has 0 N–H and O–H groups in total. The van der Waals surface area contributed by atoms with Crippen molar-refractivity contribution < 1.29 is 33.4 Å².